The maximum atomic E-state index is 6.32. The Labute approximate surface area is 469 Å². The van der Waals surface area contributed by atoms with E-state index in [0.29, 0.717) is 0 Å². The van der Waals surface area contributed by atoms with Crippen LogP contribution in [0.5, 0.6) is 0 Å². The van der Waals surface area contributed by atoms with Gasteiger partial charge in [-0.05, 0) is 155 Å². The van der Waals surface area contributed by atoms with Crippen LogP contribution in [-0.2, 0) is 18.3 Å². The van der Waals surface area contributed by atoms with Crippen LogP contribution in [0.3, 0.4) is 0 Å². The fourth-order valence-corrected chi connectivity index (χ4v) is 13.9. The molecule has 0 radical (unpaired) electrons. The summed E-state index contributed by atoms with van der Waals surface area (Å²) in [6, 6.07) is 109. The van der Waals surface area contributed by atoms with E-state index in [4.69, 9.17) is 4.42 Å². The van der Waals surface area contributed by atoms with E-state index in [1.807, 2.05) is 6.07 Å². The summed E-state index contributed by atoms with van der Waals surface area (Å²) < 4.78 is 6.32. The predicted octanol–water partition coefficient (Wildman–Crippen LogP) is 20.5. The van der Waals surface area contributed by atoms with Gasteiger partial charge in [0.15, 0.2) is 0 Å². The molecule has 0 bridgehead atoms. The highest BCUT2D eigenvalue weighted by Gasteiger charge is 2.46. The molecule has 0 fully saturated rings. The second-order valence-corrected chi connectivity index (χ2v) is 22.1. The Bertz CT molecular complexity index is 4400. The van der Waals surface area contributed by atoms with Crippen molar-refractivity contribution in [3.63, 3.8) is 0 Å². The van der Waals surface area contributed by atoms with Crippen LogP contribution in [-0.4, -0.2) is 0 Å². The number of benzene rings is 12. The SMILES string of the molecule is c1ccc(-c2ccc(C(CCc3ccc4c(c3)C(c3ccc5c(c3)-c3ccccc3C5(c3ccccc3)c3cccc(-c5ccccc5)c3)CCc3ccccc3-4)c3ccc(-c4cccc5oc6ccccc6c45)cc3)cc2)cc1. The quantitative estimate of drug-likeness (QED) is 0.126. The van der Waals surface area contributed by atoms with Crippen molar-refractivity contribution in [3.05, 3.63) is 347 Å². The molecule has 2 aliphatic carbocycles. The normalized spacial score (nSPS) is 15.6. The van der Waals surface area contributed by atoms with Crippen LogP contribution in [0.1, 0.15) is 80.3 Å². The van der Waals surface area contributed by atoms with Gasteiger partial charge in [0, 0.05) is 22.6 Å². The van der Waals surface area contributed by atoms with Crippen molar-refractivity contribution in [3.8, 4) is 55.6 Å². The van der Waals surface area contributed by atoms with Gasteiger partial charge in [-0.3, -0.25) is 0 Å². The fraction of sp³-hybridized carbons (Fsp3) is 0.0886. The standard InChI is InChI=1S/C79H58O/c1-4-18-54(19-5-1)56-36-38-58(39-37-56)65(59-40-42-60(43-41-59)68-30-17-33-77-78(68)71-29-13-15-32-76(71)80-77)46-34-53-35-47-69-66-27-11-10-22-57(66)44-48-67(72(69)50-53)62-45-49-75-73(52-62)70-28-12-14-31-74(70)79(75,63-24-8-3-9-25-63)64-26-16-23-61(51-64)55-20-6-2-7-21-55/h1-33,35-43,45,47,49-52,65,67H,34,44,46,48H2. The molecular formula is C79H58O. The van der Waals surface area contributed by atoms with Crippen molar-refractivity contribution in [2.24, 2.45) is 0 Å². The zero-order valence-corrected chi connectivity index (χ0v) is 44.6. The minimum Gasteiger partial charge on any atom is -0.456 e. The summed E-state index contributed by atoms with van der Waals surface area (Å²) in [4.78, 5) is 0. The van der Waals surface area contributed by atoms with Crippen molar-refractivity contribution >= 4 is 21.9 Å². The number of hydrogen-bond acceptors (Lipinski definition) is 1. The van der Waals surface area contributed by atoms with E-state index in [1.54, 1.807) is 0 Å². The molecule has 1 aromatic heterocycles. The molecule has 380 valence electrons. The second-order valence-electron chi connectivity index (χ2n) is 22.1. The molecule has 3 atom stereocenters. The van der Waals surface area contributed by atoms with Gasteiger partial charge in [0.25, 0.3) is 0 Å². The van der Waals surface area contributed by atoms with Crippen molar-refractivity contribution in [1.29, 1.82) is 0 Å². The monoisotopic (exact) mass is 1020 g/mol. The average Bonchev–Trinajstić information content (AvgIpc) is 4.04. The number of rotatable bonds is 11. The molecule has 0 saturated carbocycles. The van der Waals surface area contributed by atoms with Crippen LogP contribution < -0.4 is 0 Å². The highest BCUT2D eigenvalue weighted by molar-refractivity contribution is 6.12. The Kier molecular flexibility index (Phi) is 11.9. The van der Waals surface area contributed by atoms with Gasteiger partial charge in [0.05, 0.1) is 5.41 Å². The minimum atomic E-state index is -0.497. The van der Waals surface area contributed by atoms with E-state index >= 15 is 0 Å². The third-order valence-electron chi connectivity index (χ3n) is 17.8. The lowest BCUT2D eigenvalue weighted by atomic mass is 9.67. The zero-order valence-electron chi connectivity index (χ0n) is 44.6. The Hall–Kier alpha value is -9.56. The van der Waals surface area contributed by atoms with Gasteiger partial charge < -0.3 is 4.42 Å². The molecule has 0 N–H and O–H groups in total. The van der Waals surface area contributed by atoms with E-state index in [9.17, 15) is 0 Å². The molecular weight excluding hydrogens is 965 g/mol. The molecule has 15 rings (SSSR count). The van der Waals surface area contributed by atoms with Gasteiger partial charge in [-0.1, -0.05) is 273 Å². The summed E-state index contributed by atoms with van der Waals surface area (Å²) in [6.07, 6.45) is 3.95. The molecule has 0 aliphatic heterocycles. The summed E-state index contributed by atoms with van der Waals surface area (Å²) in [6.45, 7) is 0. The Morgan fingerprint density at radius 1 is 0.388 bits per heavy atom. The van der Waals surface area contributed by atoms with E-state index in [1.165, 1.54) is 117 Å². The van der Waals surface area contributed by atoms with Gasteiger partial charge in [-0.15, -0.1) is 0 Å². The highest BCUT2D eigenvalue weighted by Crippen LogP contribution is 2.57. The lowest BCUT2D eigenvalue weighted by Gasteiger charge is -2.34. The number of furan rings is 1. The molecule has 3 unspecified atom stereocenters. The van der Waals surface area contributed by atoms with Crippen molar-refractivity contribution in [2.75, 3.05) is 0 Å². The molecule has 13 aromatic rings. The third-order valence-corrected chi connectivity index (χ3v) is 17.8. The summed E-state index contributed by atoms with van der Waals surface area (Å²) in [7, 11) is 0. The highest BCUT2D eigenvalue weighted by atomic mass is 16.3. The maximum absolute atomic E-state index is 6.32. The van der Waals surface area contributed by atoms with Gasteiger partial charge in [0.2, 0.25) is 0 Å². The first kappa shape index (κ1) is 47.6. The van der Waals surface area contributed by atoms with Crippen LogP contribution in [0.4, 0.5) is 0 Å². The minimum absolute atomic E-state index is 0.185. The fourth-order valence-electron chi connectivity index (χ4n) is 13.9. The first-order valence-corrected chi connectivity index (χ1v) is 28.5. The molecule has 0 amide bonds. The largest absolute Gasteiger partial charge is 0.456 e. The van der Waals surface area contributed by atoms with E-state index in [-0.39, 0.29) is 11.8 Å². The number of aryl methyl sites for hydroxylation is 2. The molecule has 2 aliphatic rings. The average molecular weight is 1020 g/mol. The van der Waals surface area contributed by atoms with Crippen LogP contribution in [0, 0.1) is 0 Å². The maximum Gasteiger partial charge on any atom is 0.136 e. The predicted molar refractivity (Wildman–Crippen MR) is 332 cm³/mol. The van der Waals surface area contributed by atoms with Crippen molar-refractivity contribution in [2.45, 2.75) is 42.9 Å². The molecule has 0 saturated heterocycles. The summed E-state index contributed by atoms with van der Waals surface area (Å²) >= 11 is 0. The smallest absolute Gasteiger partial charge is 0.136 e. The first-order chi connectivity index (χ1) is 39.7. The summed E-state index contributed by atoms with van der Waals surface area (Å²) in [5, 5.41) is 2.32. The molecule has 1 heteroatoms. The Morgan fingerprint density at radius 2 is 0.975 bits per heavy atom. The molecule has 1 nitrogen and oxygen atoms in total. The van der Waals surface area contributed by atoms with E-state index in [2.05, 4.69) is 285 Å². The Balaban J connectivity index is 0.816. The molecule has 1 heterocycles. The van der Waals surface area contributed by atoms with Crippen LogP contribution in [0.15, 0.2) is 296 Å². The van der Waals surface area contributed by atoms with Gasteiger partial charge in [-0.25, -0.2) is 0 Å². The van der Waals surface area contributed by atoms with Crippen LogP contribution >= 0.6 is 0 Å². The number of hydrogen-bond donors (Lipinski definition) is 0. The molecule has 80 heavy (non-hydrogen) atoms. The zero-order chi connectivity index (χ0) is 53.0. The lowest BCUT2D eigenvalue weighted by Crippen LogP contribution is -2.28. The van der Waals surface area contributed by atoms with Crippen LogP contribution in [0.25, 0.3) is 77.6 Å². The van der Waals surface area contributed by atoms with Gasteiger partial charge in [0.1, 0.15) is 11.2 Å². The second kappa shape index (κ2) is 20.0. The van der Waals surface area contributed by atoms with Gasteiger partial charge >= 0.3 is 0 Å². The van der Waals surface area contributed by atoms with Crippen molar-refractivity contribution in [1.82, 2.24) is 0 Å². The number of fused-ring (bicyclic) bond motifs is 9. The first-order valence-electron chi connectivity index (χ1n) is 28.5. The molecule has 12 aromatic carbocycles. The Morgan fingerprint density at radius 3 is 1.76 bits per heavy atom. The van der Waals surface area contributed by atoms with Crippen LogP contribution in [0.2, 0.25) is 0 Å². The van der Waals surface area contributed by atoms with Crippen molar-refractivity contribution < 1.29 is 4.42 Å². The van der Waals surface area contributed by atoms with E-state index in [0.717, 1.165) is 42.2 Å². The number of para-hydroxylation sites is 1. The summed E-state index contributed by atoms with van der Waals surface area (Å²) in [5.74, 6) is 0.387. The lowest BCUT2D eigenvalue weighted by molar-refractivity contribution is 0.669. The third kappa shape index (κ3) is 8.15. The van der Waals surface area contributed by atoms with E-state index < -0.39 is 5.41 Å². The molecule has 0 spiro atoms. The van der Waals surface area contributed by atoms with Gasteiger partial charge in [-0.2, -0.15) is 0 Å². The topological polar surface area (TPSA) is 13.1 Å². The summed E-state index contributed by atoms with van der Waals surface area (Å²) in [5.41, 5.74) is 27.5.